The lowest BCUT2D eigenvalue weighted by Gasteiger charge is -2.10. The van der Waals surface area contributed by atoms with Crippen molar-refractivity contribution in [2.24, 2.45) is 0 Å². The lowest BCUT2D eigenvalue weighted by molar-refractivity contribution is 0.595. The van der Waals surface area contributed by atoms with Crippen LogP contribution < -0.4 is 11.5 Å². The van der Waals surface area contributed by atoms with Gasteiger partial charge in [-0.25, -0.2) is 14.5 Å². The van der Waals surface area contributed by atoms with Crippen molar-refractivity contribution in [3.8, 4) is 11.3 Å². The first-order chi connectivity index (χ1) is 11.5. The summed E-state index contributed by atoms with van der Waals surface area (Å²) in [7, 11) is 0. The molecule has 0 aliphatic rings. The second-order valence-electron chi connectivity index (χ2n) is 6.04. The molecular weight excluding hydrogens is 304 g/mol. The summed E-state index contributed by atoms with van der Waals surface area (Å²) in [6.07, 6.45) is 1.80. The van der Waals surface area contributed by atoms with Gasteiger partial charge in [0, 0.05) is 17.8 Å². The molecule has 4 heterocycles. The third-order valence-electron chi connectivity index (χ3n) is 4.06. The van der Waals surface area contributed by atoms with Crippen LogP contribution in [0.25, 0.3) is 27.9 Å². The molecule has 0 atom stereocenters. The molecule has 0 saturated heterocycles. The Morgan fingerprint density at radius 2 is 1.83 bits per heavy atom. The highest BCUT2D eigenvalue weighted by Crippen LogP contribution is 2.29. The number of fused-ring (bicyclic) bond motifs is 2. The van der Waals surface area contributed by atoms with Crippen molar-refractivity contribution in [2.45, 2.75) is 26.8 Å². The van der Waals surface area contributed by atoms with Gasteiger partial charge in [-0.3, -0.25) is 0 Å². The van der Waals surface area contributed by atoms with E-state index in [0.29, 0.717) is 11.3 Å². The van der Waals surface area contributed by atoms with E-state index in [-0.39, 0.29) is 12.0 Å². The van der Waals surface area contributed by atoms with Crippen LogP contribution in [0.15, 0.2) is 24.4 Å². The van der Waals surface area contributed by atoms with Crippen LogP contribution in [0.3, 0.4) is 0 Å². The molecule has 122 valence electrons. The van der Waals surface area contributed by atoms with Gasteiger partial charge < -0.3 is 16.0 Å². The van der Waals surface area contributed by atoms with Crippen LogP contribution in [-0.4, -0.2) is 29.1 Å². The van der Waals surface area contributed by atoms with Gasteiger partial charge >= 0.3 is 0 Å². The van der Waals surface area contributed by atoms with Crippen LogP contribution in [-0.2, 0) is 0 Å². The maximum Gasteiger partial charge on any atom is 0.240 e. The highest BCUT2D eigenvalue weighted by atomic mass is 15.3. The van der Waals surface area contributed by atoms with E-state index in [9.17, 15) is 0 Å². The summed E-state index contributed by atoms with van der Waals surface area (Å²) in [5.74, 6) is 1.42. The highest BCUT2D eigenvalue weighted by molar-refractivity contribution is 5.88. The molecule has 0 bridgehead atoms. The molecule has 4 aromatic heterocycles. The first kappa shape index (κ1) is 14.4. The number of hydrogen-bond acceptors (Lipinski definition) is 6. The minimum Gasteiger partial charge on any atom is -0.382 e. The lowest BCUT2D eigenvalue weighted by Crippen LogP contribution is -2.05. The van der Waals surface area contributed by atoms with E-state index in [1.165, 1.54) is 0 Å². The van der Waals surface area contributed by atoms with Crippen LogP contribution in [0.1, 0.15) is 25.7 Å². The summed E-state index contributed by atoms with van der Waals surface area (Å²) in [4.78, 5) is 13.4. The van der Waals surface area contributed by atoms with Crippen molar-refractivity contribution in [3.05, 3.63) is 30.2 Å². The van der Waals surface area contributed by atoms with Gasteiger partial charge in [0.05, 0.1) is 5.69 Å². The Labute approximate surface area is 138 Å². The topological polar surface area (TPSA) is 113 Å². The Morgan fingerprint density at radius 3 is 2.58 bits per heavy atom. The molecule has 8 heteroatoms. The third kappa shape index (κ3) is 1.99. The second-order valence-corrected chi connectivity index (χ2v) is 6.04. The van der Waals surface area contributed by atoms with Gasteiger partial charge in [0.15, 0.2) is 11.5 Å². The van der Waals surface area contributed by atoms with Crippen LogP contribution in [0.4, 0.5) is 11.8 Å². The Hall–Kier alpha value is -3.16. The smallest absolute Gasteiger partial charge is 0.240 e. The first-order valence-corrected chi connectivity index (χ1v) is 7.72. The molecule has 0 aliphatic carbocycles. The minimum atomic E-state index is 0.138. The molecule has 0 fully saturated rings. The van der Waals surface area contributed by atoms with E-state index < -0.39 is 0 Å². The number of aromatic nitrogens is 6. The Morgan fingerprint density at radius 1 is 1.04 bits per heavy atom. The fourth-order valence-electron chi connectivity index (χ4n) is 3.13. The summed E-state index contributed by atoms with van der Waals surface area (Å²) >= 11 is 0. The quantitative estimate of drug-likeness (QED) is 0.585. The van der Waals surface area contributed by atoms with Gasteiger partial charge in [0.1, 0.15) is 16.9 Å². The molecule has 0 spiro atoms. The van der Waals surface area contributed by atoms with Gasteiger partial charge in [-0.15, -0.1) is 5.10 Å². The van der Waals surface area contributed by atoms with E-state index in [0.717, 1.165) is 28.2 Å². The number of imidazole rings is 1. The third-order valence-corrected chi connectivity index (χ3v) is 4.06. The Kier molecular flexibility index (Phi) is 2.96. The molecule has 4 aromatic rings. The van der Waals surface area contributed by atoms with E-state index >= 15 is 0 Å². The maximum absolute atomic E-state index is 6.04. The fourth-order valence-corrected chi connectivity index (χ4v) is 3.13. The zero-order valence-electron chi connectivity index (χ0n) is 13.7. The molecule has 0 aliphatic heterocycles. The maximum atomic E-state index is 6.04. The van der Waals surface area contributed by atoms with Crippen molar-refractivity contribution in [1.82, 2.24) is 29.1 Å². The normalized spacial score (nSPS) is 11.8. The van der Waals surface area contributed by atoms with E-state index in [2.05, 4.69) is 33.5 Å². The van der Waals surface area contributed by atoms with Crippen LogP contribution in [0, 0.1) is 6.92 Å². The van der Waals surface area contributed by atoms with Crippen molar-refractivity contribution in [2.75, 3.05) is 11.5 Å². The van der Waals surface area contributed by atoms with Gasteiger partial charge in [-0.2, -0.15) is 4.98 Å². The molecule has 8 nitrogen and oxygen atoms in total. The predicted molar refractivity (Wildman–Crippen MR) is 93.5 cm³/mol. The SMILES string of the molecule is Cc1nc2ccc(-c3ccn4nc(N)nc(N)c34)nc2n1C(C)C. The molecule has 0 radical (unpaired) electrons. The molecule has 0 aromatic carbocycles. The number of hydrogen-bond donors (Lipinski definition) is 2. The number of nitrogens with two attached hydrogens (primary N) is 2. The number of nitrogen functional groups attached to an aromatic ring is 2. The van der Waals surface area contributed by atoms with Gasteiger partial charge in [0.2, 0.25) is 5.95 Å². The summed E-state index contributed by atoms with van der Waals surface area (Å²) < 4.78 is 3.75. The Bertz CT molecular complexity index is 1070. The summed E-state index contributed by atoms with van der Waals surface area (Å²) in [5, 5.41) is 4.15. The average Bonchev–Trinajstić information content (AvgIpc) is 3.06. The number of pyridine rings is 1. The summed E-state index contributed by atoms with van der Waals surface area (Å²) in [5.41, 5.74) is 15.8. The van der Waals surface area contributed by atoms with Gasteiger partial charge in [-0.05, 0) is 39.0 Å². The fraction of sp³-hybridized carbons (Fsp3) is 0.250. The molecule has 0 saturated carbocycles. The number of anilines is 2. The largest absolute Gasteiger partial charge is 0.382 e. The molecule has 0 unspecified atom stereocenters. The summed E-state index contributed by atoms with van der Waals surface area (Å²) in [6, 6.07) is 6.10. The van der Waals surface area contributed by atoms with Gasteiger partial charge in [0.25, 0.3) is 0 Å². The predicted octanol–water partition coefficient (Wildman–Crippen LogP) is 2.19. The van der Waals surface area contributed by atoms with E-state index in [1.807, 2.05) is 25.1 Å². The van der Waals surface area contributed by atoms with E-state index in [1.54, 1.807) is 10.7 Å². The highest BCUT2D eigenvalue weighted by Gasteiger charge is 2.16. The molecule has 24 heavy (non-hydrogen) atoms. The minimum absolute atomic E-state index is 0.138. The van der Waals surface area contributed by atoms with Crippen molar-refractivity contribution < 1.29 is 0 Å². The molecule has 4 N–H and O–H groups in total. The monoisotopic (exact) mass is 322 g/mol. The standard InChI is InChI=1S/C16H18N8/c1-8(2)24-9(3)19-12-5-4-11(20-15(12)24)10-6-7-23-13(10)14(17)21-16(18)22-23/h4-8H,1-3H3,(H4,17,18,21,22). The summed E-state index contributed by atoms with van der Waals surface area (Å²) in [6.45, 7) is 6.22. The number of aryl methyl sites for hydroxylation is 1. The van der Waals surface area contributed by atoms with E-state index in [4.69, 9.17) is 16.5 Å². The van der Waals surface area contributed by atoms with Crippen molar-refractivity contribution in [1.29, 1.82) is 0 Å². The molecule has 0 amide bonds. The van der Waals surface area contributed by atoms with Crippen LogP contribution in [0.2, 0.25) is 0 Å². The van der Waals surface area contributed by atoms with Gasteiger partial charge in [-0.1, -0.05) is 0 Å². The Balaban J connectivity index is 1.99. The van der Waals surface area contributed by atoms with Crippen molar-refractivity contribution in [3.63, 3.8) is 0 Å². The molecule has 4 rings (SSSR count). The zero-order valence-corrected chi connectivity index (χ0v) is 13.7. The van der Waals surface area contributed by atoms with Crippen LogP contribution in [0.5, 0.6) is 0 Å². The number of rotatable bonds is 2. The number of nitrogens with zero attached hydrogens (tertiary/aromatic N) is 6. The first-order valence-electron chi connectivity index (χ1n) is 7.72. The second kappa shape index (κ2) is 4.92. The average molecular weight is 322 g/mol. The zero-order chi connectivity index (χ0) is 17.0. The van der Waals surface area contributed by atoms with Crippen LogP contribution >= 0.6 is 0 Å². The van der Waals surface area contributed by atoms with Crippen molar-refractivity contribution >= 4 is 28.4 Å². The molecular formula is C16H18N8. The lowest BCUT2D eigenvalue weighted by atomic mass is 10.2.